The van der Waals surface area contributed by atoms with Crippen LogP contribution in [-0.4, -0.2) is 21.8 Å². The average Bonchev–Trinajstić information content (AvgIpc) is 3.03. The lowest BCUT2D eigenvalue weighted by molar-refractivity contribution is -0.126. The maximum Gasteiger partial charge on any atom is 0.235 e. The Morgan fingerprint density at radius 2 is 1.28 bits per heavy atom. The third-order valence-electron chi connectivity index (χ3n) is 1.11. The molecule has 0 fully saturated rings. The smallest absolute Gasteiger partial charge is 0.235 e. The maximum atomic E-state index is 10.0. The molecule has 0 saturated carbocycles. The van der Waals surface area contributed by atoms with Crippen LogP contribution in [0.1, 0.15) is 13.8 Å². The molecule has 2 N–H and O–H groups in total. The fraction of sp³-hybridized carbons (Fsp3) is 0.200. The predicted molar refractivity (Wildman–Crippen MR) is 71.9 cm³/mol. The van der Waals surface area contributed by atoms with E-state index in [1.54, 1.807) is 46.1 Å². The van der Waals surface area contributed by atoms with Gasteiger partial charge in [-0.3, -0.25) is 30.4 Å². The topological polar surface area (TPSA) is 84.0 Å². The van der Waals surface area contributed by atoms with E-state index in [1.807, 2.05) is 10.8 Å². The van der Waals surface area contributed by atoms with Crippen molar-refractivity contribution in [3.05, 3.63) is 34.2 Å². The second-order valence-electron chi connectivity index (χ2n) is 2.71. The van der Waals surface area contributed by atoms with Gasteiger partial charge in [0.1, 0.15) is 0 Å². The SMILES string of the molecule is CC(=O)NNC(C)=O.c1cscn1.c1cscn1. The number of nitrogens with one attached hydrogen (secondary N) is 2. The number of amides is 2. The van der Waals surface area contributed by atoms with Gasteiger partial charge >= 0.3 is 0 Å². The van der Waals surface area contributed by atoms with Crippen LogP contribution in [0.3, 0.4) is 0 Å². The molecule has 2 heterocycles. The largest absolute Gasteiger partial charge is 0.274 e. The highest BCUT2D eigenvalue weighted by molar-refractivity contribution is 7.07. The molecule has 0 aliphatic carbocycles. The summed E-state index contributed by atoms with van der Waals surface area (Å²) in [5.74, 6) is -0.555. The van der Waals surface area contributed by atoms with Gasteiger partial charge in [-0.15, -0.1) is 22.7 Å². The summed E-state index contributed by atoms with van der Waals surface area (Å²) in [6.07, 6.45) is 3.54. The quantitative estimate of drug-likeness (QED) is 0.718. The third-order valence-corrected chi connectivity index (χ3v) is 2.15. The summed E-state index contributed by atoms with van der Waals surface area (Å²) in [5.41, 5.74) is 7.80. The van der Waals surface area contributed by atoms with E-state index in [0.717, 1.165) is 0 Å². The van der Waals surface area contributed by atoms with Crippen molar-refractivity contribution < 1.29 is 9.59 Å². The van der Waals surface area contributed by atoms with Crippen LogP contribution in [-0.2, 0) is 9.59 Å². The lowest BCUT2D eigenvalue weighted by Crippen LogP contribution is -2.38. The molecule has 0 spiro atoms. The molecule has 2 aromatic rings. The standard InChI is InChI=1S/C4H8N2O2.2C3H3NS/c1-3(7)5-6-4(2)8;2*1-2-5-3-4-1/h1-2H3,(H,5,7)(H,6,8);2*1-3H. The summed E-state index contributed by atoms with van der Waals surface area (Å²) in [5, 5.41) is 3.86. The van der Waals surface area contributed by atoms with Crippen molar-refractivity contribution in [1.82, 2.24) is 20.8 Å². The number of carbonyl (C=O) groups excluding carboxylic acids is 2. The Kier molecular flexibility index (Phi) is 10.5. The molecule has 0 radical (unpaired) electrons. The zero-order valence-electron chi connectivity index (χ0n) is 9.99. The highest BCUT2D eigenvalue weighted by Crippen LogP contribution is 1.86. The average molecular weight is 286 g/mol. The fourth-order valence-electron chi connectivity index (χ4n) is 0.527. The van der Waals surface area contributed by atoms with Crippen LogP contribution in [0.15, 0.2) is 34.2 Å². The lowest BCUT2D eigenvalue weighted by Gasteiger charge is -1.97. The summed E-state index contributed by atoms with van der Waals surface area (Å²) >= 11 is 3.20. The van der Waals surface area contributed by atoms with Crippen molar-refractivity contribution in [3.63, 3.8) is 0 Å². The molecule has 0 aliphatic rings. The normalized spacial score (nSPS) is 7.89. The van der Waals surface area contributed by atoms with Crippen LogP contribution in [0.5, 0.6) is 0 Å². The van der Waals surface area contributed by atoms with Crippen LogP contribution in [0, 0.1) is 0 Å². The zero-order valence-corrected chi connectivity index (χ0v) is 11.6. The van der Waals surface area contributed by atoms with E-state index in [0.29, 0.717) is 0 Å². The second kappa shape index (κ2) is 11.7. The van der Waals surface area contributed by atoms with Gasteiger partial charge in [0.2, 0.25) is 11.8 Å². The highest BCUT2D eigenvalue weighted by atomic mass is 32.1. The van der Waals surface area contributed by atoms with Gasteiger partial charge in [0, 0.05) is 37.0 Å². The Morgan fingerprint density at radius 3 is 1.39 bits per heavy atom. The van der Waals surface area contributed by atoms with E-state index in [9.17, 15) is 9.59 Å². The first kappa shape index (κ1) is 16.2. The molecule has 2 rings (SSSR count). The molecule has 98 valence electrons. The summed E-state index contributed by atoms with van der Waals surface area (Å²) in [6, 6.07) is 0. The van der Waals surface area contributed by atoms with Crippen LogP contribution in [0.4, 0.5) is 0 Å². The molecule has 2 amide bonds. The Hall–Kier alpha value is -1.80. The van der Waals surface area contributed by atoms with Gasteiger partial charge < -0.3 is 0 Å². The van der Waals surface area contributed by atoms with Crippen LogP contribution in [0.25, 0.3) is 0 Å². The number of aromatic nitrogens is 2. The highest BCUT2D eigenvalue weighted by Gasteiger charge is 1.88. The molecule has 0 bridgehead atoms. The third kappa shape index (κ3) is 14.2. The number of rotatable bonds is 0. The molecule has 0 aliphatic heterocycles. The van der Waals surface area contributed by atoms with Crippen molar-refractivity contribution in [2.45, 2.75) is 13.8 Å². The molecule has 0 aromatic carbocycles. The first-order valence-electron chi connectivity index (χ1n) is 4.80. The van der Waals surface area contributed by atoms with Crippen LogP contribution < -0.4 is 10.9 Å². The number of thiazole rings is 2. The molecular weight excluding hydrogens is 272 g/mol. The zero-order chi connectivity index (χ0) is 13.6. The van der Waals surface area contributed by atoms with E-state index < -0.39 is 0 Å². The van der Waals surface area contributed by atoms with Crippen LogP contribution >= 0.6 is 22.7 Å². The van der Waals surface area contributed by atoms with E-state index in [2.05, 4.69) is 20.8 Å². The van der Waals surface area contributed by atoms with Crippen molar-refractivity contribution in [3.8, 4) is 0 Å². The van der Waals surface area contributed by atoms with Gasteiger partial charge in [0.25, 0.3) is 0 Å². The van der Waals surface area contributed by atoms with Gasteiger partial charge in [-0.25, -0.2) is 0 Å². The monoisotopic (exact) mass is 286 g/mol. The molecule has 2 aromatic heterocycles. The van der Waals surface area contributed by atoms with Crippen molar-refractivity contribution in [2.75, 3.05) is 0 Å². The predicted octanol–water partition coefficient (Wildman–Crippen LogP) is 1.46. The Labute approximate surface area is 113 Å². The Bertz CT molecular complexity index is 329. The molecule has 0 saturated heterocycles. The van der Waals surface area contributed by atoms with Gasteiger partial charge in [0.05, 0.1) is 11.0 Å². The Balaban J connectivity index is 0.000000250. The van der Waals surface area contributed by atoms with E-state index >= 15 is 0 Å². The molecule has 18 heavy (non-hydrogen) atoms. The van der Waals surface area contributed by atoms with E-state index in [4.69, 9.17) is 0 Å². The van der Waals surface area contributed by atoms with E-state index in [-0.39, 0.29) is 11.8 Å². The molecule has 8 heteroatoms. The molecule has 0 atom stereocenters. The summed E-state index contributed by atoms with van der Waals surface area (Å²) < 4.78 is 0. The molecule has 0 unspecified atom stereocenters. The first-order valence-corrected chi connectivity index (χ1v) is 6.69. The van der Waals surface area contributed by atoms with Gasteiger partial charge in [-0.1, -0.05) is 0 Å². The molecular formula is C10H14N4O2S2. The van der Waals surface area contributed by atoms with Gasteiger partial charge in [-0.2, -0.15) is 0 Å². The summed E-state index contributed by atoms with van der Waals surface area (Å²) in [7, 11) is 0. The van der Waals surface area contributed by atoms with Crippen molar-refractivity contribution in [1.29, 1.82) is 0 Å². The second-order valence-corrected chi connectivity index (χ2v) is 4.22. The molecule has 6 nitrogen and oxygen atoms in total. The number of hydrogen-bond acceptors (Lipinski definition) is 6. The minimum atomic E-state index is -0.278. The van der Waals surface area contributed by atoms with Gasteiger partial charge in [0.15, 0.2) is 0 Å². The van der Waals surface area contributed by atoms with Gasteiger partial charge in [-0.05, 0) is 0 Å². The number of hydrogen-bond donors (Lipinski definition) is 2. The minimum absolute atomic E-state index is 0.278. The maximum absolute atomic E-state index is 10.0. The van der Waals surface area contributed by atoms with E-state index in [1.165, 1.54) is 13.8 Å². The van der Waals surface area contributed by atoms with Crippen molar-refractivity contribution in [2.24, 2.45) is 0 Å². The van der Waals surface area contributed by atoms with Crippen LogP contribution in [0.2, 0.25) is 0 Å². The minimum Gasteiger partial charge on any atom is -0.274 e. The number of hydrazine groups is 1. The fourth-order valence-corrected chi connectivity index (χ4v) is 1.23. The lowest BCUT2D eigenvalue weighted by atomic mass is 10.7. The summed E-state index contributed by atoms with van der Waals surface area (Å²) in [4.78, 5) is 27.5. The first-order chi connectivity index (χ1) is 8.63. The van der Waals surface area contributed by atoms with Crippen molar-refractivity contribution >= 4 is 34.5 Å². The number of nitrogens with zero attached hydrogens (tertiary/aromatic N) is 2. The Morgan fingerprint density at radius 1 is 0.889 bits per heavy atom. The summed E-state index contributed by atoms with van der Waals surface area (Å²) in [6.45, 7) is 2.63. The number of carbonyl (C=O) groups is 2.